The number of nitrogens with zero attached hydrogens (tertiary/aromatic N) is 2. The average Bonchev–Trinajstić information content (AvgIpc) is 2.14. The first-order valence-electron chi connectivity index (χ1n) is 2.15. The van der Waals surface area contributed by atoms with Crippen LogP contribution in [0.2, 0.25) is 0 Å². The Labute approximate surface area is 53.5 Å². The molecule has 0 aliphatic carbocycles. The number of hydrogen-bond donors (Lipinski definition) is 0. The Morgan fingerprint density at radius 1 is 1.88 bits per heavy atom. The van der Waals surface area contributed by atoms with Crippen molar-refractivity contribution in [2.75, 3.05) is 0 Å². The molecule has 0 saturated carbocycles. The van der Waals surface area contributed by atoms with Crippen LogP contribution in [0.4, 0.5) is 0 Å². The van der Waals surface area contributed by atoms with Crippen LogP contribution < -0.4 is 0 Å². The number of nitriles is 1. The molecule has 0 amide bonds. The molecule has 0 bridgehead atoms. The van der Waals surface area contributed by atoms with Crippen LogP contribution in [-0.4, -0.2) is 19.5 Å². The fourth-order valence-electron chi connectivity index (χ4n) is 0.413. The van der Waals surface area contributed by atoms with E-state index in [1.807, 2.05) is 6.92 Å². The molecule has 0 atom stereocenters. The molecule has 0 fully saturated rings. The van der Waals surface area contributed by atoms with Gasteiger partial charge in [-0.25, -0.2) is 0 Å². The van der Waals surface area contributed by atoms with E-state index in [4.69, 9.17) is 5.26 Å². The average molecular weight is 171 g/mol. The molecule has 0 radical (unpaired) electrons. The molecule has 1 heterocycles. The van der Waals surface area contributed by atoms with E-state index in [-0.39, 0.29) is 14.5 Å². The second-order valence-corrected chi connectivity index (χ2v) is 3.95. The number of hydrogen-bond acceptors (Lipinski definition) is 2. The molecule has 0 spiro atoms. The first-order valence-corrected chi connectivity index (χ1v) is 3.87. The van der Waals surface area contributed by atoms with Crippen molar-refractivity contribution in [3.8, 4) is 6.07 Å². The number of aromatic nitrogens is 1. The van der Waals surface area contributed by atoms with Gasteiger partial charge in [0, 0.05) is 0 Å². The van der Waals surface area contributed by atoms with Gasteiger partial charge >= 0.3 is 52.9 Å². The fraction of sp³-hybridized carbons (Fsp3) is 0.200. The van der Waals surface area contributed by atoms with E-state index >= 15 is 0 Å². The summed E-state index contributed by atoms with van der Waals surface area (Å²) in [5, 5.41) is 8.31. The van der Waals surface area contributed by atoms with Crippen LogP contribution >= 0.6 is 0 Å². The van der Waals surface area contributed by atoms with Gasteiger partial charge in [0.2, 0.25) is 0 Å². The third-order valence-electron chi connectivity index (χ3n) is 0.731. The predicted octanol–water partition coefficient (Wildman–Crippen LogP) is 0.319. The van der Waals surface area contributed by atoms with Crippen LogP contribution in [0, 0.1) is 18.3 Å². The summed E-state index contributed by atoms with van der Waals surface area (Å²) >= 11 is 0.245. The molecule has 0 aromatic carbocycles. The summed E-state index contributed by atoms with van der Waals surface area (Å²) in [7, 11) is 0. The van der Waals surface area contributed by atoms with Gasteiger partial charge < -0.3 is 0 Å². The van der Waals surface area contributed by atoms with Gasteiger partial charge in [-0.3, -0.25) is 0 Å². The second kappa shape index (κ2) is 2.13. The Bertz CT molecular complexity index is 221. The first-order chi connectivity index (χ1) is 3.83. The van der Waals surface area contributed by atoms with Crippen LogP contribution in [0.3, 0.4) is 0 Å². The van der Waals surface area contributed by atoms with E-state index in [1.165, 1.54) is 0 Å². The van der Waals surface area contributed by atoms with Crippen LogP contribution in [0.25, 0.3) is 0 Å². The SMILES string of the molecule is Cc1ncc(C#N)[se]1. The topological polar surface area (TPSA) is 36.7 Å². The van der Waals surface area contributed by atoms with Crippen molar-refractivity contribution in [2.24, 2.45) is 0 Å². The third-order valence-corrected chi connectivity index (χ3v) is 2.45. The van der Waals surface area contributed by atoms with Crippen LogP contribution in [0.1, 0.15) is 9.01 Å². The van der Waals surface area contributed by atoms with Crippen molar-refractivity contribution in [3.63, 3.8) is 0 Å². The molecule has 1 rings (SSSR count). The monoisotopic (exact) mass is 172 g/mol. The molecule has 3 heteroatoms. The summed E-state index contributed by atoms with van der Waals surface area (Å²) in [6.45, 7) is 1.95. The molecule has 8 heavy (non-hydrogen) atoms. The van der Waals surface area contributed by atoms with Crippen LogP contribution in [0.5, 0.6) is 0 Å². The van der Waals surface area contributed by atoms with Crippen LogP contribution in [-0.2, 0) is 0 Å². The van der Waals surface area contributed by atoms with Crippen LogP contribution in [0.15, 0.2) is 6.20 Å². The van der Waals surface area contributed by atoms with Gasteiger partial charge in [-0.15, -0.1) is 0 Å². The summed E-state index contributed by atoms with van der Waals surface area (Å²) in [5.41, 5.74) is 0. The summed E-state index contributed by atoms with van der Waals surface area (Å²) in [4.78, 5) is 3.95. The minimum atomic E-state index is 0.245. The summed E-state index contributed by atoms with van der Waals surface area (Å²) in [6.07, 6.45) is 1.65. The molecule has 1 aromatic rings. The van der Waals surface area contributed by atoms with Crippen molar-refractivity contribution in [1.82, 2.24) is 4.98 Å². The molecular formula is C5H4N2Se. The van der Waals surface area contributed by atoms with Crippen molar-refractivity contribution < 1.29 is 0 Å². The summed E-state index contributed by atoms with van der Waals surface area (Å²) < 4.78 is 1.92. The van der Waals surface area contributed by atoms with Crippen molar-refractivity contribution in [2.45, 2.75) is 6.92 Å². The predicted molar refractivity (Wildman–Crippen MR) is 30.6 cm³/mol. The third kappa shape index (κ3) is 0.975. The molecule has 0 saturated heterocycles. The zero-order chi connectivity index (χ0) is 5.98. The van der Waals surface area contributed by atoms with Gasteiger partial charge in [0.05, 0.1) is 0 Å². The first kappa shape index (κ1) is 5.55. The molecule has 40 valence electrons. The molecule has 0 aliphatic rings. The Balaban J connectivity index is 3.05. The normalized spacial score (nSPS) is 8.50. The van der Waals surface area contributed by atoms with E-state index in [0.717, 1.165) is 9.01 Å². The van der Waals surface area contributed by atoms with Gasteiger partial charge in [-0.1, -0.05) is 0 Å². The van der Waals surface area contributed by atoms with Crippen molar-refractivity contribution in [1.29, 1.82) is 5.26 Å². The standard InChI is InChI=1S/C5H4N2Se/c1-4-7-3-5(2-6)8-4/h3H,1H3. The number of aryl methyl sites for hydroxylation is 1. The van der Waals surface area contributed by atoms with E-state index in [2.05, 4.69) is 11.1 Å². The van der Waals surface area contributed by atoms with E-state index in [1.54, 1.807) is 6.20 Å². The van der Waals surface area contributed by atoms with Crippen molar-refractivity contribution in [3.05, 3.63) is 15.2 Å². The maximum absolute atomic E-state index is 8.31. The molecule has 0 N–H and O–H groups in total. The fourth-order valence-corrected chi connectivity index (χ4v) is 1.62. The van der Waals surface area contributed by atoms with Gasteiger partial charge in [0.25, 0.3) is 0 Å². The Kier molecular flexibility index (Phi) is 1.48. The van der Waals surface area contributed by atoms with E-state index < -0.39 is 0 Å². The van der Waals surface area contributed by atoms with Crippen molar-refractivity contribution >= 4 is 14.5 Å². The molecule has 1 aromatic heterocycles. The van der Waals surface area contributed by atoms with Gasteiger partial charge in [-0.2, -0.15) is 0 Å². The Hall–Kier alpha value is -0.581. The molecular weight excluding hydrogens is 167 g/mol. The Morgan fingerprint density at radius 3 is 2.88 bits per heavy atom. The van der Waals surface area contributed by atoms with Gasteiger partial charge in [0.15, 0.2) is 0 Å². The zero-order valence-electron chi connectivity index (χ0n) is 4.38. The summed E-state index contributed by atoms with van der Waals surface area (Å²) in [5.74, 6) is 0. The second-order valence-electron chi connectivity index (χ2n) is 1.36. The van der Waals surface area contributed by atoms with Gasteiger partial charge in [0.1, 0.15) is 0 Å². The van der Waals surface area contributed by atoms with E-state index in [0.29, 0.717) is 0 Å². The van der Waals surface area contributed by atoms with E-state index in [9.17, 15) is 0 Å². The maximum atomic E-state index is 8.31. The number of rotatable bonds is 0. The molecule has 2 nitrogen and oxygen atoms in total. The molecule has 0 unspecified atom stereocenters. The Morgan fingerprint density at radius 2 is 2.62 bits per heavy atom. The quantitative estimate of drug-likeness (QED) is 0.527. The summed E-state index contributed by atoms with van der Waals surface area (Å²) in [6, 6.07) is 2.07. The molecule has 0 aliphatic heterocycles. The minimum absolute atomic E-state index is 0.245. The zero-order valence-corrected chi connectivity index (χ0v) is 6.09. The van der Waals surface area contributed by atoms with Gasteiger partial charge in [-0.05, 0) is 0 Å².